The largest absolute Gasteiger partial charge is 0.316 e. The summed E-state index contributed by atoms with van der Waals surface area (Å²) in [6, 6.07) is 5.28. The molecular weight excluding hydrogens is 283 g/mol. The standard InChI is InChI=1S/C13H16BrFN2/c14-13-9(2-1-3-12(13)15)6-17-7-10-4-16-5-11(10)8-17/h1-3,10-11,16H,4-8H2. The van der Waals surface area contributed by atoms with E-state index in [1.165, 1.54) is 6.07 Å². The third kappa shape index (κ3) is 2.26. The number of halogens is 2. The zero-order chi connectivity index (χ0) is 11.8. The van der Waals surface area contributed by atoms with Gasteiger partial charge in [-0.2, -0.15) is 0 Å². The maximum absolute atomic E-state index is 13.4. The quantitative estimate of drug-likeness (QED) is 0.901. The van der Waals surface area contributed by atoms with Crippen LogP contribution in [0.2, 0.25) is 0 Å². The Bertz CT molecular complexity index is 412. The van der Waals surface area contributed by atoms with Crippen molar-refractivity contribution in [1.82, 2.24) is 10.2 Å². The highest BCUT2D eigenvalue weighted by Crippen LogP contribution is 2.29. The van der Waals surface area contributed by atoms with Gasteiger partial charge < -0.3 is 5.32 Å². The molecule has 2 unspecified atom stereocenters. The van der Waals surface area contributed by atoms with Gasteiger partial charge in [-0.25, -0.2) is 4.39 Å². The van der Waals surface area contributed by atoms with Crippen molar-refractivity contribution >= 4 is 15.9 Å². The number of fused-ring (bicyclic) bond motifs is 1. The van der Waals surface area contributed by atoms with E-state index in [1.807, 2.05) is 6.07 Å². The average Bonchev–Trinajstić information content (AvgIpc) is 2.85. The van der Waals surface area contributed by atoms with Gasteiger partial charge in [-0.3, -0.25) is 4.90 Å². The molecule has 0 amide bonds. The average molecular weight is 299 g/mol. The van der Waals surface area contributed by atoms with Crippen molar-refractivity contribution < 1.29 is 4.39 Å². The van der Waals surface area contributed by atoms with E-state index in [9.17, 15) is 4.39 Å². The Labute approximate surface area is 109 Å². The van der Waals surface area contributed by atoms with E-state index in [4.69, 9.17) is 0 Å². The maximum Gasteiger partial charge on any atom is 0.137 e. The van der Waals surface area contributed by atoms with Crippen LogP contribution in [0.1, 0.15) is 5.56 Å². The summed E-state index contributed by atoms with van der Waals surface area (Å²) in [5.41, 5.74) is 1.05. The molecule has 0 spiro atoms. The Morgan fingerprint density at radius 1 is 1.29 bits per heavy atom. The van der Waals surface area contributed by atoms with Gasteiger partial charge in [0.2, 0.25) is 0 Å². The lowest BCUT2D eigenvalue weighted by molar-refractivity contribution is 0.304. The van der Waals surface area contributed by atoms with Gasteiger partial charge in [-0.15, -0.1) is 0 Å². The van der Waals surface area contributed by atoms with E-state index in [1.54, 1.807) is 6.07 Å². The minimum absolute atomic E-state index is 0.163. The van der Waals surface area contributed by atoms with Crippen molar-refractivity contribution in [2.24, 2.45) is 11.8 Å². The predicted molar refractivity (Wildman–Crippen MR) is 69.2 cm³/mol. The number of likely N-dealkylation sites (tertiary alicyclic amines) is 1. The molecule has 0 bridgehead atoms. The molecule has 1 aromatic carbocycles. The van der Waals surface area contributed by atoms with Crippen LogP contribution in [0.25, 0.3) is 0 Å². The molecule has 4 heteroatoms. The fraction of sp³-hybridized carbons (Fsp3) is 0.538. The highest BCUT2D eigenvalue weighted by atomic mass is 79.9. The molecule has 1 aromatic rings. The highest BCUT2D eigenvalue weighted by molar-refractivity contribution is 9.10. The van der Waals surface area contributed by atoms with Gasteiger partial charge in [0.05, 0.1) is 4.47 Å². The zero-order valence-corrected chi connectivity index (χ0v) is 11.2. The third-order valence-corrected chi connectivity index (χ3v) is 4.78. The topological polar surface area (TPSA) is 15.3 Å². The minimum Gasteiger partial charge on any atom is -0.316 e. The second kappa shape index (κ2) is 4.67. The lowest BCUT2D eigenvalue weighted by atomic mass is 10.0. The van der Waals surface area contributed by atoms with Gasteiger partial charge >= 0.3 is 0 Å². The number of nitrogens with one attached hydrogen (secondary N) is 1. The fourth-order valence-corrected chi connectivity index (χ4v) is 3.38. The van der Waals surface area contributed by atoms with Crippen molar-refractivity contribution in [1.29, 1.82) is 0 Å². The maximum atomic E-state index is 13.4. The summed E-state index contributed by atoms with van der Waals surface area (Å²) in [6.45, 7) is 5.42. The van der Waals surface area contributed by atoms with Gasteiger partial charge in [0.15, 0.2) is 0 Å². The van der Waals surface area contributed by atoms with Crippen LogP contribution in [-0.4, -0.2) is 31.1 Å². The molecule has 2 atom stereocenters. The molecular formula is C13H16BrFN2. The minimum atomic E-state index is -0.163. The van der Waals surface area contributed by atoms with Gasteiger partial charge in [0.25, 0.3) is 0 Å². The molecule has 2 saturated heterocycles. The Balaban J connectivity index is 1.70. The Morgan fingerprint density at radius 3 is 2.71 bits per heavy atom. The van der Waals surface area contributed by atoms with Gasteiger partial charge in [-0.1, -0.05) is 12.1 Å². The summed E-state index contributed by atoms with van der Waals surface area (Å²) in [5.74, 6) is 1.42. The molecule has 2 aliphatic rings. The second-order valence-electron chi connectivity index (χ2n) is 5.09. The van der Waals surface area contributed by atoms with E-state index in [-0.39, 0.29) is 5.82 Å². The van der Waals surface area contributed by atoms with E-state index >= 15 is 0 Å². The van der Waals surface area contributed by atoms with E-state index in [0.717, 1.165) is 50.1 Å². The first-order valence-corrected chi connectivity index (χ1v) is 6.89. The van der Waals surface area contributed by atoms with Crippen molar-refractivity contribution in [3.8, 4) is 0 Å². The van der Waals surface area contributed by atoms with E-state index < -0.39 is 0 Å². The second-order valence-corrected chi connectivity index (χ2v) is 5.88. The monoisotopic (exact) mass is 298 g/mol. The summed E-state index contributed by atoms with van der Waals surface area (Å²) in [7, 11) is 0. The molecule has 1 N–H and O–H groups in total. The number of hydrogen-bond donors (Lipinski definition) is 1. The number of nitrogens with zero attached hydrogens (tertiary/aromatic N) is 1. The molecule has 2 heterocycles. The summed E-state index contributed by atoms with van der Waals surface area (Å²) in [6.07, 6.45) is 0. The van der Waals surface area contributed by atoms with Crippen molar-refractivity contribution in [2.45, 2.75) is 6.54 Å². The van der Waals surface area contributed by atoms with Crippen molar-refractivity contribution in [3.63, 3.8) is 0 Å². The van der Waals surface area contributed by atoms with Crippen LogP contribution in [0.4, 0.5) is 4.39 Å². The molecule has 92 valence electrons. The van der Waals surface area contributed by atoms with Crippen LogP contribution in [0.3, 0.4) is 0 Å². The molecule has 2 nitrogen and oxygen atoms in total. The van der Waals surface area contributed by atoms with E-state index in [0.29, 0.717) is 4.47 Å². The molecule has 3 rings (SSSR count). The van der Waals surface area contributed by atoms with Crippen molar-refractivity contribution in [2.75, 3.05) is 26.2 Å². The smallest absolute Gasteiger partial charge is 0.137 e. The SMILES string of the molecule is Fc1cccc(CN2CC3CNCC3C2)c1Br. The van der Waals surface area contributed by atoms with Crippen LogP contribution >= 0.6 is 15.9 Å². The third-order valence-electron chi connectivity index (χ3n) is 3.89. The molecule has 0 saturated carbocycles. The molecule has 0 aromatic heterocycles. The molecule has 2 aliphatic heterocycles. The lowest BCUT2D eigenvalue weighted by Crippen LogP contribution is -2.25. The first-order chi connectivity index (χ1) is 8.24. The van der Waals surface area contributed by atoms with Crippen LogP contribution in [0.5, 0.6) is 0 Å². The summed E-state index contributed by atoms with van der Waals surface area (Å²) >= 11 is 3.33. The molecule has 2 fully saturated rings. The van der Waals surface area contributed by atoms with E-state index in [2.05, 4.69) is 26.1 Å². The Kier molecular flexibility index (Phi) is 3.19. The Hall–Kier alpha value is -0.450. The normalized spacial score (nSPS) is 28.6. The molecule has 0 radical (unpaired) electrons. The number of hydrogen-bond acceptors (Lipinski definition) is 2. The lowest BCUT2D eigenvalue weighted by Gasteiger charge is -2.18. The van der Waals surface area contributed by atoms with Gasteiger partial charge in [0.1, 0.15) is 5.82 Å². The first kappa shape index (κ1) is 11.6. The van der Waals surface area contributed by atoms with Crippen molar-refractivity contribution in [3.05, 3.63) is 34.1 Å². The zero-order valence-electron chi connectivity index (χ0n) is 9.63. The molecule has 0 aliphatic carbocycles. The van der Waals surface area contributed by atoms with Crippen LogP contribution in [0, 0.1) is 17.7 Å². The Morgan fingerprint density at radius 2 is 2.00 bits per heavy atom. The summed E-state index contributed by atoms with van der Waals surface area (Å²) < 4.78 is 14.0. The summed E-state index contributed by atoms with van der Waals surface area (Å²) in [5, 5.41) is 3.43. The van der Waals surface area contributed by atoms with Crippen LogP contribution in [-0.2, 0) is 6.54 Å². The number of benzene rings is 1. The molecule has 17 heavy (non-hydrogen) atoms. The fourth-order valence-electron chi connectivity index (χ4n) is 2.99. The number of rotatable bonds is 2. The van der Waals surface area contributed by atoms with Crippen LogP contribution < -0.4 is 5.32 Å². The summed E-state index contributed by atoms with van der Waals surface area (Å²) in [4.78, 5) is 2.44. The first-order valence-electron chi connectivity index (χ1n) is 6.10. The van der Waals surface area contributed by atoms with Crippen LogP contribution in [0.15, 0.2) is 22.7 Å². The predicted octanol–water partition coefficient (Wildman–Crippen LogP) is 2.24. The van der Waals surface area contributed by atoms with Gasteiger partial charge in [0, 0.05) is 19.6 Å². The van der Waals surface area contributed by atoms with Gasteiger partial charge in [-0.05, 0) is 52.5 Å². The highest BCUT2D eigenvalue weighted by Gasteiger charge is 2.35.